The van der Waals surface area contributed by atoms with Gasteiger partial charge in [-0.2, -0.15) is 0 Å². The van der Waals surface area contributed by atoms with Crippen LogP contribution >= 0.6 is 0 Å². The third kappa shape index (κ3) is 7.85. The summed E-state index contributed by atoms with van der Waals surface area (Å²) in [7, 11) is 0. The van der Waals surface area contributed by atoms with Crippen LogP contribution in [0.3, 0.4) is 0 Å². The van der Waals surface area contributed by atoms with E-state index in [0.29, 0.717) is 13.2 Å². The average molecular weight is 427 g/mol. The lowest BCUT2D eigenvalue weighted by atomic mass is 10.1. The number of rotatable bonds is 8. The highest BCUT2D eigenvalue weighted by Gasteiger charge is 1.96. The number of benzene rings is 3. The summed E-state index contributed by atoms with van der Waals surface area (Å²) >= 11 is 0. The fraction of sp³-hybridized carbons (Fsp3) is 0.214. The van der Waals surface area contributed by atoms with Gasteiger partial charge in [0, 0.05) is 35.5 Å². The van der Waals surface area contributed by atoms with Gasteiger partial charge in [0.1, 0.15) is 11.5 Å². The monoisotopic (exact) mass is 426 g/mol. The maximum atomic E-state index is 5.47. The maximum Gasteiger partial charge on any atom is 0.189 e. The molecule has 0 fully saturated rings. The zero-order valence-electron chi connectivity index (χ0n) is 18.4. The summed E-state index contributed by atoms with van der Waals surface area (Å²) in [6.07, 6.45) is 0. The molecule has 0 N–H and O–H groups in total. The van der Waals surface area contributed by atoms with E-state index in [0.717, 1.165) is 33.8 Å². The summed E-state index contributed by atoms with van der Waals surface area (Å²) in [5.74, 6) is 14.3. The Labute approximate surface area is 190 Å². The van der Waals surface area contributed by atoms with Crippen LogP contribution in [-0.4, -0.2) is 26.8 Å². The minimum atomic E-state index is 0.251. The molecule has 3 aromatic carbocycles. The Kier molecular flexibility index (Phi) is 9.24. The molecule has 0 unspecified atom stereocenters. The van der Waals surface area contributed by atoms with Crippen LogP contribution in [0.1, 0.15) is 36.1 Å². The standard InChI is InChI=1S/C28H26O4/c1-3-29-21-31-27-16-12-23(13-17-27)8-10-25-6-5-7-26(20-25)11-9-24-14-18-28(19-15-24)32-22-30-4-2/h5-7,12-20H,3-4,21-22H2,1-2H3. The molecule has 0 radical (unpaired) electrons. The second kappa shape index (κ2) is 12.9. The molecule has 4 nitrogen and oxygen atoms in total. The summed E-state index contributed by atoms with van der Waals surface area (Å²) in [6.45, 7) is 5.62. The Balaban J connectivity index is 1.61. The maximum absolute atomic E-state index is 5.47. The van der Waals surface area contributed by atoms with Crippen LogP contribution < -0.4 is 9.47 Å². The van der Waals surface area contributed by atoms with Crippen LogP contribution in [0.2, 0.25) is 0 Å². The lowest BCUT2D eigenvalue weighted by Gasteiger charge is -2.05. The fourth-order valence-corrected chi connectivity index (χ4v) is 2.62. The first-order valence-electron chi connectivity index (χ1n) is 10.5. The molecule has 0 aliphatic carbocycles. The molecule has 0 aliphatic rings. The first-order valence-corrected chi connectivity index (χ1v) is 10.5. The number of hydrogen-bond donors (Lipinski definition) is 0. The molecule has 0 heterocycles. The van der Waals surface area contributed by atoms with Gasteiger partial charge in [-0.15, -0.1) is 0 Å². The van der Waals surface area contributed by atoms with Gasteiger partial charge in [0.2, 0.25) is 0 Å². The molecule has 32 heavy (non-hydrogen) atoms. The van der Waals surface area contributed by atoms with Gasteiger partial charge in [0.15, 0.2) is 13.6 Å². The Bertz CT molecular complexity index is 1010. The van der Waals surface area contributed by atoms with Crippen molar-refractivity contribution >= 4 is 0 Å². The van der Waals surface area contributed by atoms with E-state index in [1.807, 2.05) is 86.6 Å². The van der Waals surface area contributed by atoms with E-state index in [9.17, 15) is 0 Å². The molecule has 0 saturated heterocycles. The second-order valence-corrected chi connectivity index (χ2v) is 6.64. The van der Waals surface area contributed by atoms with Gasteiger partial charge in [-0.3, -0.25) is 0 Å². The Morgan fingerprint density at radius 2 is 0.938 bits per heavy atom. The third-order valence-corrected chi connectivity index (χ3v) is 4.30. The van der Waals surface area contributed by atoms with Crippen molar-refractivity contribution in [2.45, 2.75) is 13.8 Å². The second-order valence-electron chi connectivity index (χ2n) is 6.64. The van der Waals surface area contributed by atoms with Crippen molar-refractivity contribution < 1.29 is 18.9 Å². The fourth-order valence-electron chi connectivity index (χ4n) is 2.62. The van der Waals surface area contributed by atoms with Gasteiger partial charge in [-0.25, -0.2) is 0 Å². The van der Waals surface area contributed by atoms with Crippen molar-refractivity contribution in [1.82, 2.24) is 0 Å². The highest BCUT2D eigenvalue weighted by atomic mass is 16.7. The molecule has 0 spiro atoms. The summed E-state index contributed by atoms with van der Waals surface area (Å²) in [4.78, 5) is 0. The van der Waals surface area contributed by atoms with Crippen LogP contribution in [-0.2, 0) is 9.47 Å². The molecule has 0 atom stereocenters. The van der Waals surface area contributed by atoms with Gasteiger partial charge < -0.3 is 18.9 Å². The average Bonchev–Trinajstić information content (AvgIpc) is 2.84. The largest absolute Gasteiger partial charge is 0.468 e. The molecule has 162 valence electrons. The van der Waals surface area contributed by atoms with E-state index in [-0.39, 0.29) is 13.6 Å². The third-order valence-electron chi connectivity index (χ3n) is 4.30. The first-order chi connectivity index (χ1) is 15.8. The predicted molar refractivity (Wildman–Crippen MR) is 126 cm³/mol. The van der Waals surface area contributed by atoms with E-state index in [4.69, 9.17) is 18.9 Å². The topological polar surface area (TPSA) is 36.9 Å². The quantitative estimate of drug-likeness (QED) is 0.281. The van der Waals surface area contributed by atoms with E-state index in [2.05, 4.69) is 23.7 Å². The molecular weight excluding hydrogens is 400 g/mol. The summed E-state index contributed by atoms with van der Waals surface area (Å²) in [5, 5.41) is 0. The summed E-state index contributed by atoms with van der Waals surface area (Å²) in [6, 6.07) is 23.2. The zero-order valence-corrected chi connectivity index (χ0v) is 18.4. The Morgan fingerprint density at radius 3 is 1.34 bits per heavy atom. The summed E-state index contributed by atoms with van der Waals surface area (Å²) < 4.78 is 21.3. The van der Waals surface area contributed by atoms with Crippen molar-refractivity contribution in [1.29, 1.82) is 0 Å². The first kappa shape index (κ1) is 23.0. The predicted octanol–water partition coefficient (Wildman–Crippen LogP) is 5.23. The van der Waals surface area contributed by atoms with Crippen molar-refractivity contribution in [2.75, 3.05) is 26.8 Å². The molecule has 4 heteroatoms. The van der Waals surface area contributed by atoms with Gasteiger partial charge in [-0.05, 0) is 80.6 Å². The van der Waals surface area contributed by atoms with Crippen molar-refractivity contribution in [3.05, 3.63) is 95.1 Å². The van der Waals surface area contributed by atoms with E-state index < -0.39 is 0 Å². The van der Waals surface area contributed by atoms with Crippen molar-refractivity contribution in [3.63, 3.8) is 0 Å². The normalized spacial score (nSPS) is 9.81. The van der Waals surface area contributed by atoms with E-state index in [1.54, 1.807) is 0 Å². The van der Waals surface area contributed by atoms with Crippen molar-refractivity contribution in [3.8, 4) is 35.2 Å². The van der Waals surface area contributed by atoms with Crippen LogP contribution in [0.4, 0.5) is 0 Å². The number of hydrogen-bond acceptors (Lipinski definition) is 4. The van der Waals surface area contributed by atoms with Gasteiger partial charge in [0.05, 0.1) is 0 Å². The highest BCUT2D eigenvalue weighted by Crippen LogP contribution is 2.13. The molecule has 0 aliphatic heterocycles. The minimum absolute atomic E-state index is 0.251. The van der Waals surface area contributed by atoms with Crippen LogP contribution in [0, 0.1) is 23.7 Å². The van der Waals surface area contributed by atoms with Crippen LogP contribution in [0.5, 0.6) is 11.5 Å². The molecule has 3 aromatic rings. The number of ether oxygens (including phenoxy) is 4. The smallest absolute Gasteiger partial charge is 0.189 e. The van der Waals surface area contributed by atoms with Crippen LogP contribution in [0.25, 0.3) is 0 Å². The van der Waals surface area contributed by atoms with E-state index in [1.165, 1.54) is 0 Å². The molecular formula is C28H26O4. The minimum Gasteiger partial charge on any atom is -0.468 e. The van der Waals surface area contributed by atoms with Gasteiger partial charge in [-0.1, -0.05) is 29.7 Å². The zero-order chi connectivity index (χ0) is 22.4. The lowest BCUT2D eigenvalue weighted by molar-refractivity contribution is 0.0222. The molecule has 0 saturated carbocycles. The van der Waals surface area contributed by atoms with Crippen molar-refractivity contribution in [2.24, 2.45) is 0 Å². The van der Waals surface area contributed by atoms with Gasteiger partial charge in [0.25, 0.3) is 0 Å². The summed E-state index contributed by atoms with van der Waals surface area (Å²) in [5.41, 5.74) is 3.65. The lowest BCUT2D eigenvalue weighted by Crippen LogP contribution is -2.01. The molecule has 0 bridgehead atoms. The van der Waals surface area contributed by atoms with Crippen LogP contribution in [0.15, 0.2) is 72.8 Å². The Hall–Kier alpha value is -3.70. The molecule has 0 aromatic heterocycles. The van der Waals surface area contributed by atoms with Gasteiger partial charge >= 0.3 is 0 Å². The highest BCUT2D eigenvalue weighted by molar-refractivity contribution is 5.50. The molecule has 3 rings (SSSR count). The SMILES string of the molecule is CCOCOc1ccc(C#Cc2cccc(C#Cc3ccc(OCOCC)cc3)c2)cc1. The Morgan fingerprint density at radius 1 is 0.531 bits per heavy atom. The van der Waals surface area contributed by atoms with E-state index >= 15 is 0 Å². The molecule has 0 amide bonds.